The van der Waals surface area contributed by atoms with Gasteiger partial charge in [-0.1, -0.05) is 24.9 Å². The minimum atomic E-state index is -3.75. The van der Waals surface area contributed by atoms with E-state index in [1.807, 2.05) is 26.0 Å². The average molecular weight is 818 g/mol. The lowest BCUT2D eigenvalue weighted by atomic mass is 10.0. The molecular weight excluding hydrogens is 752 g/mol. The molecule has 2 amide bonds. The maximum absolute atomic E-state index is 13.6. The minimum Gasteiger partial charge on any atom is -0.484 e. The van der Waals surface area contributed by atoms with Gasteiger partial charge in [-0.15, -0.1) is 0 Å². The fourth-order valence-corrected chi connectivity index (χ4v) is 9.95. The number of ether oxygens (including phenoxy) is 2. The van der Waals surface area contributed by atoms with E-state index in [0.29, 0.717) is 81.3 Å². The van der Waals surface area contributed by atoms with Gasteiger partial charge in [0.15, 0.2) is 0 Å². The van der Waals surface area contributed by atoms with Crippen LogP contribution in [-0.4, -0.2) is 126 Å². The smallest absolute Gasteiger partial charge is 0.314 e. The number of halogens is 1. The van der Waals surface area contributed by atoms with Crippen molar-refractivity contribution >= 4 is 33.4 Å². The van der Waals surface area contributed by atoms with Gasteiger partial charge in [0, 0.05) is 62.7 Å². The zero-order valence-electron chi connectivity index (χ0n) is 34.2. The maximum Gasteiger partial charge on any atom is 0.314 e. The van der Waals surface area contributed by atoms with Crippen LogP contribution in [0.1, 0.15) is 93.1 Å². The summed E-state index contributed by atoms with van der Waals surface area (Å²) in [6.45, 7) is 12.0. The number of nitrogens with zero attached hydrogens (tertiary/aromatic N) is 3. The Bertz CT molecular complexity index is 1730. The Morgan fingerprint density at radius 1 is 0.946 bits per heavy atom. The van der Waals surface area contributed by atoms with Crippen LogP contribution < -0.4 is 20.1 Å². The number of aryl methyl sites for hydroxylation is 2. The number of likely N-dealkylation sites (N-methyl/N-ethyl adjacent to an activating group) is 1. The number of hydrogen-bond acceptors (Lipinski definition) is 9. The summed E-state index contributed by atoms with van der Waals surface area (Å²) < 4.78 is 42.6. The van der Waals surface area contributed by atoms with Crippen LogP contribution in [0, 0.1) is 13.8 Å². The third kappa shape index (κ3) is 12.6. The van der Waals surface area contributed by atoms with Gasteiger partial charge in [0.1, 0.15) is 17.6 Å². The second-order valence-corrected chi connectivity index (χ2v) is 18.2. The predicted octanol–water partition coefficient (Wildman–Crippen LogP) is 5.63. The van der Waals surface area contributed by atoms with Crippen molar-refractivity contribution < 1.29 is 27.5 Å². The van der Waals surface area contributed by atoms with E-state index < -0.39 is 10.0 Å². The van der Waals surface area contributed by atoms with Crippen molar-refractivity contribution in [1.29, 1.82) is 0 Å². The van der Waals surface area contributed by atoms with Gasteiger partial charge in [-0.2, -0.15) is 0 Å². The highest BCUT2D eigenvalue weighted by molar-refractivity contribution is 7.89. The first-order chi connectivity index (χ1) is 26.8. The van der Waals surface area contributed by atoms with Gasteiger partial charge in [-0.3, -0.25) is 14.6 Å². The van der Waals surface area contributed by atoms with Gasteiger partial charge in [0.25, 0.3) is 0 Å². The van der Waals surface area contributed by atoms with Gasteiger partial charge < -0.3 is 25.0 Å². The Kier molecular flexibility index (Phi) is 16.9. The van der Waals surface area contributed by atoms with E-state index in [0.717, 1.165) is 69.3 Å². The van der Waals surface area contributed by atoms with E-state index in [9.17, 15) is 18.0 Å². The molecule has 0 unspecified atom stereocenters. The predicted molar refractivity (Wildman–Crippen MR) is 222 cm³/mol. The highest BCUT2D eigenvalue weighted by Gasteiger charge is 2.41. The normalized spacial score (nSPS) is 21.7. The molecule has 2 aliphatic heterocycles. The molecule has 312 valence electrons. The highest BCUT2D eigenvalue weighted by Crippen LogP contribution is 2.42. The molecule has 4 atom stereocenters. The Hall–Kier alpha value is -2.78. The van der Waals surface area contributed by atoms with E-state index in [2.05, 4.69) is 51.1 Å². The molecule has 0 spiro atoms. The fraction of sp³-hybridized carbons (Fsp3) is 0.667. The van der Waals surface area contributed by atoms with Crippen molar-refractivity contribution in [3.05, 3.63) is 57.6 Å². The molecule has 0 radical (unpaired) electrons. The lowest BCUT2D eigenvalue weighted by Crippen LogP contribution is -2.51. The zero-order valence-corrected chi connectivity index (χ0v) is 35.8. The fourth-order valence-electron chi connectivity index (χ4n) is 8.33. The number of fused-ring (bicyclic) bond motifs is 1. The van der Waals surface area contributed by atoms with Crippen LogP contribution in [0.3, 0.4) is 0 Å². The molecule has 5 rings (SSSR count). The molecule has 56 heavy (non-hydrogen) atoms. The number of carbonyl (C=O) groups excluding carboxylic acids is 2. The second kappa shape index (κ2) is 21.3. The minimum absolute atomic E-state index is 0.161. The summed E-state index contributed by atoms with van der Waals surface area (Å²) in [5.74, 6) is 0.996. The van der Waals surface area contributed by atoms with Crippen LogP contribution in [0.4, 0.5) is 4.79 Å². The van der Waals surface area contributed by atoms with E-state index in [1.54, 1.807) is 18.2 Å². The second-order valence-electron chi connectivity index (χ2n) is 16.1. The van der Waals surface area contributed by atoms with Crippen molar-refractivity contribution in [2.75, 3.05) is 73.1 Å². The first-order valence-corrected chi connectivity index (χ1v) is 22.5. The SMILES string of the molecule is CCCC(=O)CCCCCNC(=O)NCCOCCN1CC[C@@H](NS(=O)(=O)c2ccc(O[C@H]3c4cc(Cl)cc(C)c4C[C@@H]3N3CCC[C@@H](N(C)C)C3)c(C)c2)C1. The molecule has 3 N–H and O–H groups in total. The quantitative estimate of drug-likeness (QED) is 0.137. The first-order valence-electron chi connectivity index (χ1n) is 20.7. The van der Waals surface area contributed by atoms with Crippen LogP contribution in [0.5, 0.6) is 5.75 Å². The van der Waals surface area contributed by atoms with E-state index in [4.69, 9.17) is 21.1 Å². The van der Waals surface area contributed by atoms with Crippen molar-refractivity contribution in [2.24, 2.45) is 0 Å². The highest BCUT2D eigenvalue weighted by atomic mass is 35.5. The number of piperidine rings is 1. The molecule has 12 nitrogen and oxygen atoms in total. The van der Waals surface area contributed by atoms with Gasteiger partial charge in [-0.05, 0) is 139 Å². The Morgan fingerprint density at radius 3 is 2.52 bits per heavy atom. The van der Waals surface area contributed by atoms with Gasteiger partial charge in [-0.25, -0.2) is 17.9 Å². The summed E-state index contributed by atoms with van der Waals surface area (Å²) in [4.78, 5) is 30.9. The van der Waals surface area contributed by atoms with Crippen molar-refractivity contribution in [2.45, 2.75) is 114 Å². The molecule has 3 aliphatic rings. The molecular formula is C42H65ClN6O6S. The summed E-state index contributed by atoms with van der Waals surface area (Å²) in [7, 11) is 0.558. The number of unbranched alkanes of at least 4 members (excludes halogenated alkanes) is 2. The van der Waals surface area contributed by atoms with E-state index >= 15 is 0 Å². The number of Topliss-reactive ketones (excluding diaryl/α,β-unsaturated/α-hetero) is 1. The average Bonchev–Trinajstić information content (AvgIpc) is 3.75. The summed E-state index contributed by atoms with van der Waals surface area (Å²) in [6.07, 6.45) is 8.53. The van der Waals surface area contributed by atoms with Crippen LogP contribution >= 0.6 is 11.6 Å². The van der Waals surface area contributed by atoms with Crippen LogP contribution in [0.25, 0.3) is 0 Å². The third-order valence-electron chi connectivity index (χ3n) is 11.5. The number of rotatable bonds is 21. The monoisotopic (exact) mass is 816 g/mol. The Balaban J connectivity index is 1.05. The topological polar surface area (TPSA) is 133 Å². The largest absolute Gasteiger partial charge is 0.484 e. The maximum atomic E-state index is 13.6. The number of sulfonamides is 1. The summed E-state index contributed by atoms with van der Waals surface area (Å²) in [5, 5.41) is 6.35. The molecule has 2 fully saturated rings. The number of ketones is 1. The number of nitrogens with one attached hydrogen (secondary N) is 3. The van der Waals surface area contributed by atoms with Crippen LogP contribution in [0.15, 0.2) is 35.2 Å². The van der Waals surface area contributed by atoms with Crippen molar-refractivity contribution in [1.82, 2.24) is 30.1 Å². The van der Waals surface area contributed by atoms with Crippen molar-refractivity contribution in [3.63, 3.8) is 0 Å². The molecule has 0 bridgehead atoms. The number of urea groups is 1. The number of likely N-dealkylation sites (tertiary alicyclic amines) is 2. The van der Waals surface area contributed by atoms with Gasteiger partial charge >= 0.3 is 6.03 Å². The number of amides is 2. The molecule has 2 heterocycles. The molecule has 14 heteroatoms. The van der Waals surface area contributed by atoms with E-state index in [1.165, 1.54) is 17.5 Å². The van der Waals surface area contributed by atoms with Crippen LogP contribution in [-0.2, 0) is 26.0 Å². The van der Waals surface area contributed by atoms with E-state index in [-0.39, 0.29) is 29.1 Å². The first kappa shape index (κ1) is 44.3. The number of hydrogen-bond donors (Lipinski definition) is 3. The zero-order chi connectivity index (χ0) is 40.2. The van der Waals surface area contributed by atoms with Crippen LogP contribution in [0.2, 0.25) is 5.02 Å². The Labute approximate surface area is 340 Å². The number of benzene rings is 2. The summed E-state index contributed by atoms with van der Waals surface area (Å²) in [5.41, 5.74) is 4.36. The third-order valence-corrected chi connectivity index (χ3v) is 13.2. The molecule has 0 saturated carbocycles. The summed E-state index contributed by atoms with van der Waals surface area (Å²) >= 11 is 6.58. The molecule has 2 aromatic carbocycles. The molecule has 1 aliphatic carbocycles. The molecule has 0 aromatic heterocycles. The summed E-state index contributed by atoms with van der Waals surface area (Å²) in [6, 6.07) is 9.47. The number of carbonyl (C=O) groups is 2. The lowest BCUT2D eigenvalue weighted by molar-refractivity contribution is -0.119. The van der Waals surface area contributed by atoms with Crippen molar-refractivity contribution in [3.8, 4) is 5.75 Å². The molecule has 2 aromatic rings. The lowest BCUT2D eigenvalue weighted by Gasteiger charge is -2.41. The van der Waals surface area contributed by atoms with Gasteiger partial charge in [0.2, 0.25) is 10.0 Å². The molecule has 2 saturated heterocycles. The van der Waals surface area contributed by atoms with Gasteiger partial charge in [0.05, 0.1) is 24.2 Å². The Morgan fingerprint density at radius 2 is 1.75 bits per heavy atom. The standard InChI is InChI=1S/C42H65ClN6O6S/c1-6-11-35(50)13-8-7-9-17-44-42(51)45-18-22-54-23-21-48-20-16-33(28-48)46-56(52,53)36-14-15-40(31(3)25-36)55-41-38-26-32(43)24-30(2)37(38)27-39(41)49-19-10-12-34(29-49)47(4)5/h14-15,24-26,33-34,39,41,46H,6-13,16-23,27-29H2,1-5H3,(H2,44,45,51)/t33-,34-,39+,41+/m1/s1.